The molecule has 0 amide bonds. The minimum Gasteiger partial charge on any atom is -0.390 e. The normalized spacial score (nSPS) is 40.2. The maximum atomic E-state index is 11.0. The SMILES string of the molecule is Cn1ccnc1CN1CCC([C@@H]2OC(C)(C)[C@H]3C[C@H]2[C@](C)(O)[C@@H](O)C3)CC1. The Balaban J connectivity index is 1.44. The van der Waals surface area contributed by atoms with E-state index in [1.54, 1.807) is 0 Å². The molecule has 3 heterocycles. The highest BCUT2D eigenvalue weighted by Gasteiger charge is 2.57. The lowest BCUT2D eigenvalue weighted by Gasteiger charge is -2.58. The van der Waals surface area contributed by atoms with Crippen molar-refractivity contribution in [1.82, 2.24) is 14.5 Å². The number of hydrogen-bond donors (Lipinski definition) is 2. The second-order valence-corrected chi connectivity index (χ2v) is 9.77. The Kier molecular flexibility index (Phi) is 4.90. The van der Waals surface area contributed by atoms with E-state index in [0.29, 0.717) is 18.3 Å². The van der Waals surface area contributed by atoms with E-state index in [4.69, 9.17) is 4.74 Å². The fourth-order valence-corrected chi connectivity index (χ4v) is 5.57. The molecule has 5 atom stereocenters. The number of aryl methyl sites for hydroxylation is 1. The average molecular weight is 378 g/mol. The van der Waals surface area contributed by atoms with Gasteiger partial charge < -0.3 is 19.5 Å². The molecule has 2 N–H and O–H groups in total. The van der Waals surface area contributed by atoms with Gasteiger partial charge in [0.25, 0.3) is 0 Å². The molecule has 0 aromatic carbocycles. The summed E-state index contributed by atoms with van der Waals surface area (Å²) in [4.78, 5) is 6.90. The number of ether oxygens (including phenoxy) is 1. The van der Waals surface area contributed by atoms with Crippen molar-refractivity contribution in [3.63, 3.8) is 0 Å². The highest BCUT2D eigenvalue weighted by molar-refractivity contribution is 5.07. The van der Waals surface area contributed by atoms with E-state index in [9.17, 15) is 10.2 Å². The molecule has 0 radical (unpaired) electrons. The van der Waals surface area contributed by atoms with E-state index in [1.807, 2.05) is 26.4 Å². The molecular formula is C21H35N3O3. The molecule has 27 heavy (non-hydrogen) atoms. The quantitative estimate of drug-likeness (QED) is 0.843. The van der Waals surface area contributed by atoms with Gasteiger partial charge in [0.15, 0.2) is 0 Å². The summed E-state index contributed by atoms with van der Waals surface area (Å²) in [6.45, 7) is 9.06. The predicted molar refractivity (Wildman–Crippen MR) is 103 cm³/mol. The molecule has 3 aliphatic rings. The fraction of sp³-hybridized carbons (Fsp3) is 0.857. The van der Waals surface area contributed by atoms with Crippen molar-refractivity contribution < 1.29 is 14.9 Å². The van der Waals surface area contributed by atoms with Crippen LogP contribution in [0.25, 0.3) is 0 Å². The van der Waals surface area contributed by atoms with Crippen LogP contribution in [-0.4, -0.2) is 61.2 Å². The largest absolute Gasteiger partial charge is 0.390 e. The first-order chi connectivity index (χ1) is 12.7. The number of rotatable bonds is 3. The van der Waals surface area contributed by atoms with Crippen LogP contribution in [0.5, 0.6) is 0 Å². The molecule has 4 rings (SSSR count). The van der Waals surface area contributed by atoms with E-state index >= 15 is 0 Å². The zero-order chi connectivity index (χ0) is 19.4. The smallest absolute Gasteiger partial charge is 0.122 e. The van der Waals surface area contributed by atoms with E-state index in [-0.39, 0.29) is 17.6 Å². The molecule has 3 fully saturated rings. The summed E-state index contributed by atoms with van der Waals surface area (Å²) in [5, 5.41) is 21.6. The number of fused-ring (bicyclic) bond motifs is 2. The van der Waals surface area contributed by atoms with Crippen molar-refractivity contribution in [2.75, 3.05) is 13.1 Å². The van der Waals surface area contributed by atoms with Crippen molar-refractivity contribution in [2.45, 2.75) is 76.4 Å². The van der Waals surface area contributed by atoms with Crippen molar-refractivity contribution in [2.24, 2.45) is 24.8 Å². The first kappa shape index (κ1) is 19.4. The maximum absolute atomic E-state index is 11.0. The molecule has 6 nitrogen and oxygen atoms in total. The van der Waals surface area contributed by atoms with Gasteiger partial charge in [-0.25, -0.2) is 4.98 Å². The Morgan fingerprint density at radius 1 is 1.22 bits per heavy atom. The Morgan fingerprint density at radius 3 is 2.56 bits per heavy atom. The molecule has 1 aliphatic carbocycles. The van der Waals surface area contributed by atoms with E-state index < -0.39 is 11.7 Å². The zero-order valence-corrected chi connectivity index (χ0v) is 17.1. The molecule has 2 aliphatic heterocycles. The number of hydrogen-bond acceptors (Lipinski definition) is 5. The van der Waals surface area contributed by atoms with Gasteiger partial charge in [0, 0.05) is 25.4 Å². The van der Waals surface area contributed by atoms with Gasteiger partial charge in [-0.05, 0) is 71.4 Å². The molecule has 0 spiro atoms. The van der Waals surface area contributed by atoms with Crippen LogP contribution in [-0.2, 0) is 18.3 Å². The van der Waals surface area contributed by atoms with Gasteiger partial charge in [-0.15, -0.1) is 0 Å². The number of aliphatic hydroxyl groups is 2. The summed E-state index contributed by atoms with van der Waals surface area (Å²) in [6, 6.07) is 0. The predicted octanol–water partition coefficient (Wildman–Crippen LogP) is 1.95. The van der Waals surface area contributed by atoms with Gasteiger partial charge in [0.1, 0.15) is 5.82 Å². The topological polar surface area (TPSA) is 70.8 Å². The molecule has 2 bridgehead atoms. The number of likely N-dealkylation sites (tertiary alicyclic amines) is 1. The Bertz CT molecular complexity index is 663. The van der Waals surface area contributed by atoms with Crippen LogP contribution in [0.1, 0.15) is 52.3 Å². The van der Waals surface area contributed by atoms with Crippen molar-refractivity contribution in [3.05, 3.63) is 18.2 Å². The molecule has 6 heteroatoms. The van der Waals surface area contributed by atoms with Crippen LogP contribution >= 0.6 is 0 Å². The van der Waals surface area contributed by atoms with E-state index in [1.165, 1.54) is 0 Å². The maximum Gasteiger partial charge on any atom is 0.122 e. The summed E-state index contributed by atoms with van der Waals surface area (Å²) >= 11 is 0. The standard InChI is InChI=1S/C21H35N3O3/c1-20(2)15-11-16(21(3,26)17(25)12-15)19(27-20)14-5-8-24(9-6-14)13-18-22-7-10-23(18)4/h7,10,14-17,19,25-26H,5-6,8-9,11-13H2,1-4H3/t15-,16+,17-,19-,21-/m0/s1. The van der Waals surface area contributed by atoms with Crippen LogP contribution in [0.2, 0.25) is 0 Å². The molecule has 152 valence electrons. The number of imidazole rings is 1. The number of aromatic nitrogens is 2. The summed E-state index contributed by atoms with van der Waals surface area (Å²) in [6.07, 6.45) is 6.93. The van der Waals surface area contributed by atoms with Crippen LogP contribution in [0.15, 0.2) is 12.4 Å². The third-order valence-electron chi connectivity index (χ3n) is 7.67. The van der Waals surface area contributed by atoms with Crippen LogP contribution in [0.3, 0.4) is 0 Å². The van der Waals surface area contributed by atoms with Crippen molar-refractivity contribution in [3.8, 4) is 0 Å². The number of nitrogens with zero attached hydrogens (tertiary/aromatic N) is 3. The minimum atomic E-state index is -1.05. The van der Waals surface area contributed by atoms with Crippen LogP contribution < -0.4 is 0 Å². The molecule has 1 saturated carbocycles. The van der Waals surface area contributed by atoms with E-state index in [0.717, 1.165) is 44.7 Å². The third kappa shape index (κ3) is 3.46. The first-order valence-corrected chi connectivity index (χ1v) is 10.5. The number of piperidine rings is 1. The van der Waals surface area contributed by atoms with Crippen LogP contribution in [0, 0.1) is 17.8 Å². The summed E-state index contributed by atoms with van der Waals surface area (Å²) in [5.41, 5.74) is -1.29. The van der Waals surface area contributed by atoms with Crippen molar-refractivity contribution in [1.29, 1.82) is 0 Å². The zero-order valence-electron chi connectivity index (χ0n) is 17.1. The van der Waals surface area contributed by atoms with Gasteiger partial charge in [0.05, 0.1) is 30.0 Å². The summed E-state index contributed by atoms with van der Waals surface area (Å²) in [7, 11) is 2.04. The van der Waals surface area contributed by atoms with Crippen molar-refractivity contribution >= 4 is 0 Å². The van der Waals surface area contributed by atoms with Crippen LogP contribution in [0.4, 0.5) is 0 Å². The first-order valence-electron chi connectivity index (χ1n) is 10.5. The van der Waals surface area contributed by atoms with Gasteiger partial charge in [-0.1, -0.05) is 0 Å². The molecular weight excluding hydrogens is 342 g/mol. The lowest BCUT2D eigenvalue weighted by atomic mass is 9.60. The van der Waals surface area contributed by atoms with Gasteiger partial charge >= 0.3 is 0 Å². The lowest BCUT2D eigenvalue weighted by molar-refractivity contribution is -0.271. The highest BCUT2D eigenvalue weighted by atomic mass is 16.5. The molecule has 2 saturated heterocycles. The number of aliphatic hydroxyl groups excluding tert-OH is 1. The molecule has 0 unspecified atom stereocenters. The minimum absolute atomic E-state index is 0.0189. The Hall–Kier alpha value is -0.950. The second-order valence-electron chi connectivity index (χ2n) is 9.77. The Labute approximate surface area is 162 Å². The third-order valence-corrected chi connectivity index (χ3v) is 7.67. The van der Waals surface area contributed by atoms with Gasteiger partial charge in [-0.2, -0.15) is 0 Å². The highest BCUT2D eigenvalue weighted by Crippen LogP contribution is 2.52. The van der Waals surface area contributed by atoms with Gasteiger partial charge in [-0.3, -0.25) is 4.90 Å². The lowest BCUT2D eigenvalue weighted by Crippen LogP contribution is -2.65. The summed E-state index contributed by atoms with van der Waals surface area (Å²) < 4.78 is 8.70. The van der Waals surface area contributed by atoms with E-state index in [2.05, 4.69) is 28.3 Å². The monoisotopic (exact) mass is 377 g/mol. The van der Waals surface area contributed by atoms with Gasteiger partial charge in [0.2, 0.25) is 0 Å². The molecule has 1 aromatic rings. The average Bonchev–Trinajstić information content (AvgIpc) is 3.00. The fourth-order valence-electron chi connectivity index (χ4n) is 5.57. The second kappa shape index (κ2) is 6.83. The summed E-state index contributed by atoms with van der Waals surface area (Å²) in [5.74, 6) is 1.87. The Morgan fingerprint density at radius 2 is 1.93 bits per heavy atom. The molecule has 1 aromatic heterocycles.